The number of thiophene rings is 1. The smallest absolute Gasteiger partial charge is 0.173 e. The average molecular weight is 290 g/mol. The lowest BCUT2D eigenvalue weighted by Crippen LogP contribution is -2.08. The zero-order valence-corrected chi connectivity index (χ0v) is 12.0. The molecular formula is C11H14O3S3. The maximum atomic E-state index is 11.8. The first-order valence-electron chi connectivity index (χ1n) is 5.36. The molecule has 0 spiro atoms. The van der Waals surface area contributed by atoms with Crippen molar-refractivity contribution in [2.75, 3.05) is 17.8 Å². The minimum Gasteiger partial charge on any atom is -0.293 e. The molecule has 0 fully saturated rings. The van der Waals surface area contributed by atoms with Gasteiger partial charge in [0.25, 0.3) is 0 Å². The normalized spacial score (nSPS) is 15.6. The van der Waals surface area contributed by atoms with E-state index in [9.17, 15) is 13.2 Å². The van der Waals surface area contributed by atoms with Crippen LogP contribution in [0.25, 0.3) is 0 Å². The third-order valence-electron chi connectivity index (χ3n) is 2.60. The minimum atomic E-state index is -3.05. The third kappa shape index (κ3) is 3.56. The van der Waals surface area contributed by atoms with E-state index in [1.807, 2.05) is 17.8 Å². The molecule has 0 unspecified atom stereocenters. The molecule has 0 aliphatic carbocycles. The monoisotopic (exact) mass is 290 g/mol. The summed E-state index contributed by atoms with van der Waals surface area (Å²) in [6.45, 7) is 0. The summed E-state index contributed by atoms with van der Waals surface area (Å²) in [5.74, 6) is 2.00. The Morgan fingerprint density at radius 2 is 2.24 bits per heavy atom. The second kappa shape index (κ2) is 5.12. The van der Waals surface area contributed by atoms with E-state index in [-0.39, 0.29) is 18.0 Å². The van der Waals surface area contributed by atoms with Gasteiger partial charge < -0.3 is 0 Å². The number of carbonyl (C=O) groups excluding carboxylic acids is 1. The SMILES string of the molecule is CS(=O)(=O)CCC(=O)c1cc2c(s1)CCSC2. The van der Waals surface area contributed by atoms with Crippen LogP contribution < -0.4 is 0 Å². The Balaban J connectivity index is 2.07. The first kappa shape index (κ1) is 13.1. The highest BCUT2D eigenvalue weighted by Crippen LogP contribution is 2.32. The summed E-state index contributed by atoms with van der Waals surface area (Å²) in [6.07, 6.45) is 2.30. The molecule has 1 aliphatic rings. The molecule has 0 N–H and O–H groups in total. The van der Waals surface area contributed by atoms with Gasteiger partial charge in [-0.15, -0.1) is 11.3 Å². The third-order valence-corrected chi connectivity index (χ3v) is 5.83. The molecule has 0 atom stereocenters. The molecule has 0 saturated carbocycles. The lowest BCUT2D eigenvalue weighted by atomic mass is 10.2. The highest BCUT2D eigenvalue weighted by molar-refractivity contribution is 7.98. The van der Waals surface area contributed by atoms with Crippen molar-refractivity contribution >= 4 is 38.7 Å². The topological polar surface area (TPSA) is 51.2 Å². The predicted molar refractivity (Wildman–Crippen MR) is 72.8 cm³/mol. The molecule has 1 aromatic rings. The van der Waals surface area contributed by atoms with Crippen LogP contribution in [0.4, 0.5) is 0 Å². The van der Waals surface area contributed by atoms with Crippen molar-refractivity contribution in [3.05, 3.63) is 21.4 Å². The quantitative estimate of drug-likeness (QED) is 0.797. The van der Waals surface area contributed by atoms with Gasteiger partial charge in [0.1, 0.15) is 9.84 Å². The molecule has 0 bridgehead atoms. The van der Waals surface area contributed by atoms with Gasteiger partial charge in [0.15, 0.2) is 5.78 Å². The summed E-state index contributed by atoms with van der Waals surface area (Å²) >= 11 is 3.42. The van der Waals surface area contributed by atoms with Gasteiger partial charge in [-0.2, -0.15) is 11.8 Å². The number of aryl methyl sites for hydroxylation is 1. The molecule has 17 heavy (non-hydrogen) atoms. The zero-order valence-electron chi connectivity index (χ0n) is 9.56. The first-order valence-corrected chi connectivity index (χ1v) is 9.39. The number of thioether (sulfide) groups is 1. The lowest BCUT2D eigenvalue weighted by Gasteiger charge is -2.08. The molecule has 2 heterocycles. The summed E-state index contributed by atoms with van der Waals surface area (Å²) in [5, 5.41) is 0. The Morgan fingerprint density at radius 3 is 2.88 bits per heavy atom. The van der Waals surface area contributed by atoms with Crippen LogP contribution in [-0.4, -0.2) is 32.0 Å². The number of ketones is 1. The Morgan fingerprint density at radius 1 is 1.47 bits per heavy atom. The van der Waals surface area contributed by atoms with E-state index in [1.54, 1.807) is 0 Å². The van der Waals surface area contributed by atoms with Crippen molar-refractivity contribution in [1.82, 2.24) is 0 Å². The second-order valence-corrected chi connectivity index (χ2v) is 8.67. The molecule has 0 amide bonds. The average Bonchev–Trinajstić information content (AvgIpc) is 2.68. The number of fused-ring (bicyclic) bond motifs is 1. The van der Waals surface area contributed by atoms with Crippen LogP contribution in [0.2, 0.25) is 0 Å². The Kier molecular flexibility index (Phi) is 3.95. The van der Waals surface area contributed by atoms with E-state index in [2.05, 4.69) is 0 Å². The van der Waals surface area contributed by atoms with E-state index in [0.29, 0.717) is 0 Å². The maximum absolute atomic E-state index is 11.8. The Hall–Kier alpha value is -0.330. The summed E-state index contributed by atoms with van der Waals surface area (Å²) in [7, 11) is -3.05. The molecule has 94 valence electrons. The van der Waals surface area contributed by atoms with Crippen LogP contribution >= 0.6 is 23.1 Å². The predicted octanol–water partition coefficient (Wildman–Crippen LogP) is 2.15. The number of hydrogen-bond donors (Lipinski definition) is 0. The summed E-state index contributed by atoms with van der Waals surface area (Å²) in [5.41, 5.74) is 1.26. The molecule has 0 radical (unpaired) electrons. The van der Waals surface area contributed by atoms with Gasteiger partial charge in [0.2, 0.25) is 0 Å². The molecule has 2 rings (SSSR count). The molecule has 3 nitrogen and oxygen atoms in total. The number of Topliss-reactive ketones (excluding diaryl/α,β-unsaturated/α-hetero) is 1. The van der Waals surface area contributed by atoms with Gasteiger partial charge in [0.05, 0.1) is 10.6 Å². The van der Waals surface area contributed by atoms with Gasteiger partial charge in [0, 0.05) is 23.3 Å². The van der Waals surface area contributed by atoms with Crippen molar-refractivity contribution in [1.29, 1.82) is 0 Å². The number of hydrogen-bond acceptors (Lipinski definition) is 5. The van der Waals surface area contributed by atoms with Crippen molar-refractivity contribution in [2.45, 2.75) is 18.6 Å². The highest BCUT2D eigenvalue weighted by atomic mass is 32.2. The number of sulfone groups is 1. The van der Waals surface area contributed by atoms with Crippen LogP contribution in [0.1, 0.15) is 26.5 Å². The first-order chi connectivity index (χ1) is 7.96. The number of carbonyl (C=O) groups is 1. The molecule has 1 aromatic heterocycles. The van der Waals surface area contributed by atoms with Crippen LogP contribution in [0, 0.1) is 0 Å². The lowest BCUT2D eigenvalue weighted by molar-refractivity contribution is 0.0992. The van der Waals surface area contributed by atoms with E-state index in [4.69, 9.17) is 0 Å². The van der Waals surface area contributed by atoms with Crippen LogP contribution in [0.3, 0.4) is 0 Å². The van der Waals surface area contributed by atoms with E-state index < -0.39 is 9.84 Å². The van der Waals surface area contributed by atoms with Crippen LogP contribution in [0.15, 0.2) is 6.07 Å². The largest absolute Gasteiger partial charge is 0.293 e. The Bertz CT molecular complexity index is 505. The zero-order chi connectivity index (χ0) is 12.5. The molecule has 0 aromatic carbocycles. The fourth-order valence-corrected chi connectivity index (χ4v) is 4.58. The molecular weight excluding hydrogens is 276 g/mol. The highest BCUT2D eigenvalue weighted by Gasteiger charge is 2.18. The maximum Gasteiger partial charge on any atom is 0.173 e. The molecule has 1 aliphatic heterocycles. The fourth-order valence-electron chi connectivity index (χ4n) is 1.69. The molecule has 0 saturated heterocycles. The molecule has 6 heteroatoms. The van der Waals surface area contributed by atoms with Crippen LogP contribution in [0.5, 0.6) is 0 Å². The van der Waals surface area contributed by atoms with Gasteiger partial charge in [-0.25, -0.2) is 8.42 Å². The second-order valence-electron chi connectivity index (χ2n) is 4.16. The number of rotatable bonds is 4. The van der Waals surface area contributed by atoms with Gasteiger partial charge in [-0.05, 0) is 23.8 Å². The van der Waals surface area contributed by atoms with Gasteiger partial charge >= 0.3 is 0 Å². The van der Waals surface area contributed by atoms with E-state index in [1.165, 1.54) is 21.8 Å². The minimum absolute atomic E-state index is 0.0418. The van der Waals surface area contributed by atoms with Crippen molar-refractivity contribution in [3.63, 3.8) is 0 Å². The Labute approximate surface area is 110 Å². The van der Waals surface area contributed by atoms with Crippen molar-refractivity contribution < 1.29 is 13.2 Å². The summed E-state index contributed by atoms with van der Waals surface area (Å²) < 4.78 is 22.0. The van der Waals surface area contributed by atoms with Crippen molar-refractivity contribution in [2.24, 2.45) is 0 Å². The van der Waals surface area contributed by atoms with Crippen molar-refractivity contribution in [3.8, 4) is 0 Å². The summed E-state index contributed by atoms with van der Waals surface area (Å²) in [6, 6.07) is 1.94. The van der Waals surface area contributed by atoms with Gasteiger partial charge in [-0.3, -0.25) is 4.79 Å². The summed E-state index contributed by atoms with van der Waals surface area (Å²) in [4.78, 5) is 13.9. The van der Waals surface area contributed by atoms with Crippen LogP contribution in [-0.2, 0) is 22.0 Å². The van der Waals surface area contributed by atoms with Gasteiger partial charge in [-0.1, -0.05) is 0 Å². The van der Waals surface area contributed by atoms with E-state index >= 15 is 0 Å². The fraction of sp³-hybridized carbons (Fsp3) is 0.545. The standard InChI is InChI=1S/C11H14O3S3/c1-17(13,14)5-3-9(12)11-6-8-7-15-4-2-10(8)16-11/h6H,2-5,7H2,1H3. The van der Waals surface area contributed by atoms with E-state index in [0.717, 1.165) is 29.1 Å².